The summed E-state index contributed by atoms with van der Waals surface area (Å²) in [5.41, 5.74) is 3.19. The Labute approximate surface area is 133 Å². The molecule has 0 amide bonds. The molecule has 2 aromatic rings. The molecule has 0 fully saturated rings. The molecule has 0 saturated carbocycles. The third-order valence-electron chi connectivity index (χ3n) is 3.21. The third-order valence-corrected chi connectivity index (χ3v) is 4.15. The predicted octanol–water partition coefficient (Wildman–Crippen LogP) is 4.79. The molecule has 0 spiro atoms. The van der Waals surface area contributed by atoms with Gasteiger partial charge in [-0.05, 0) is 42.3 Å². The van der Waals surface area contributed by atoms with Crippen LogP contribution in [0.2, 0.25) is 5.02 Å². The van der Waals surface area contributed by atoms with E-state index in [9.17, 15) is 5.11 Å². The summed E-state index contributed by atoms with van der Waals surface area (Å²) in [6.45, 7) is 2.56. The van der Waals surface area contributed by atoms with Crippen molar-refractivity contribution in [1.82, 2.24) is 0 Å². The van der Waals surface area contributed by atoms with Crippen LogP contribution in [0.5, 0.6) is 0 Å². The number of hydrogen-bond acceptors (Lipinski definition) is 2. The number of aliphatic hydroxyl groups is 1. The number of rotatable bonds is 4. The summed E-state index contributed by atoms with van der Waals surface area (Å²) in [7, 11) is 2.04. The monoisotopic (exact) mass is 353 g/mol. The van der Waals surface area contributed by atoms with Crippen LogP contribution in [0.3, 0.4) is 0 Å². The summed E-state index contributed by atoms with van der Waals surface area (Å²) in [6, 6.07) is 13.8. The first-order valence-corrected chi connectivity index (χ1v) is 7.57. The first-order chi connectivity index (χ1) is 9.47. The number of halogens is 2. The van der Waals surface area contributed by atoms with E-state index in [4.69, 9.17) is 11.6 Å². The number of hydrogen-bond donors (Lipinski definition) is 1. The van der Waals surface area contributed by atoms with Gasteiger partial charge in [0.1, 0.15) is 0 Å². The van der Waals surface area contributed by atoms with Gasteiger partial charge in [-0.2, -0.15) is 0 Å². The lowest BCUT2D eigenvalue weighted by Gasteiger charge is -2.21. The minimum absolute atomic E-state index is 0.472. The lowest BCUT2D eigenvalue weighted by atomic mass is 10.1. The number of nitrogens with zero attached hydrogens (tertiary/aromatic N) is 1. The Bertz CT molecular complexity index is 584. The lowest BCUT2D eigenvalue weighted by molar-refractivity contribution is 0.198. The Morgan fingerprint density at radius 1 is 1.20 bits per heavy atom. The van der Waals surface area contributed by atoms with Crippen molar-refractivity contribution in [2.45, 2.75) is 19.6 Å². The van der Waals surface area contributed by atoms with Crippen LogP contribution in [0.25, 0.3) is 0 Å². The molecule has 0 saturated heterocycles. The Balaban J connectivity index is 2.15. The van der Waals surface area contributed by atoms with E-state index in [1.54, 1.807) is 6.92 Å². The van der Waals surface area contributed by atoms with Gasteiger partial charge < -0.3 is 10.0 Å². The topological polar surface area (TPSA) is 23.5 Å². The van der Waals surface area contributed by atoms with E-state index < -0.39 is 6.10 Å². The van der Waals surface area contributed by atoms with Crippen molar-refractivity contribution in [2.75, 3.05) is 11.9 Å². The fraction of sp³-hybridized carbons (Fsp3) is 0.250. The first-order valence-electron chi connectivity index (χ1n) is 6.40. The zero-order valence-corrected chi connectivity index (χ0v) is 13.8. The summed E-state index contributed by atoms with van der Waals surface area (Å²) in [5, 5.41) is 10.4. The first kappa shape index (κ1) is 15.4. The van der Waals surface area contributed by atoms with Gasteiger partial charge in [0.25, 0.3) is 0 Å². The Morgan fingerprint density at radius 3 is 2.40 bits per heavy atom. The fourth-order valence-corrected chi connectivity index (χ4v) is 2.87. The van der Waals surface area contributed by atoms with Crippen LogP contribution in [0.4, 0.5) is 5.69 Å². The van der Waals surface area contributed by atoms with E-state index in [-0.39, 0.29) is 0 Å². The van der Waals surface area contributed by atoms with Crippen molar-refractivity contribution in [1.29, 1.82) is 0 Å². The van der Waals surface area contributed by atoms with Crippen LogP contribution < -0.4 is 4.90 Å². The molecule has 106 valence electrons. The summed E-state index contributed by atoms with van der Waals surface area (Å²) in [4.78, 5) is 2.15. The zero-order valence-electron chi connectivity index (χ0n) is 11.5. The second-order valence-electron chi connectivity index (χ2n) is 4.86. The number of anilines is 1. The molecule has 0 aromatic heterocycles. The van der Waals surface area contributed by atoms with Crippen molar-refractivity contribution in [3.63, 3.8) is 0 Å². The smallest absolute Gasteiger partial charge is 0.0772 e. The summed E-state index contributed by atoms with van der Waals surface area (Å²) in [5.74, 6) is 0. The van der Waals surface area contributed by atoms with Crippen LogP contribution in [0.15, 0.2) is 46.9 Å². The van der Waals surface area contributed by atoms with Gasteiger partial charge in [-0.25, -0.2) is 0 Å². The molecule has 0 bridgehead atoms. The van der Waals surface area contributed by atoms with Gasteiger partial charge in [-0.15, -0.1) is 0 Å². The average Bonchev–Trinajstić information content (AvgIpc) is 2.40. The van der Waals surface area contributed by atoms with Crippen LogP contribution in [0.1, 0.15) is 24.2 Å². The molecule has 1 N–H and O–H groups in total. The van der Waals surface area contributed by atoms with Gasteiger partial charge >= 0.3 is 0 Å². The van der Waals surface area contributed by atoms with Crippen molar-refractivity contribution < 1.29 is 5.11 Å². The standard InChI is InChI=1S/C16H17BrClNO/c1-11(20)15-8-7-14(9-16(15)17)19(2)10-12-3-5-13(18)6-4-12/h3-9,11,20H,10H2,1-2H3/t11-/m0/s1. The largest absolute Gasteiger partial charge is 0.389 e. The quantitative estimate of drug-likeness (QED) is 0.853. The predicted molar refractivity (Wildman–Crippen MR) is 88.3 cm³/mol. The molecule has 0 aliphatic carbocycles. The number of benzene rings is 2. The fourth-order valence-electron chi connectivity index (χ4n) is 2.05. The van der Waals surface area contributed by atoms with Gasteiger partial charge in [-0.1, -0.05) is 45.7 Å². The molecule has 0 unspecified atom stereocenters. The van der Waals surface area contributed by atoms with E-state index in [0.717, 1.165) is 27.3 Å². The maximum Gasteiger partial charge on any atom is 0.0772 e. The van der Waals surface area contributed by atoms with Crippen molar-refractivity contribution in [2.24, 2.45) is 0 Å². The number of aliphatic hydroxyl groups excluding tert-OH is 1. The van der Waals surface area contributed by atoms with Crippen molar-refractivity contribution in [3.8, 4) is 0 Å². The zero-order chi connectivity index (χ0) is 14.7. The molecule has 0 radical (unpaired) electrons. The SMILES string of the molecule is C[C@H](O)c1ccc(N(C)Cc2ccc(Cl)cc2)cc1Br. The van der Waals surface area contributed by atoms with Gasteiger partial charge in [0.05, 0.1) is 6.10 Å². The summed E-state index contributed by atoms with van der Waals surface area (Å²) >= 11 is 9.40. The second-order valence-corrected chi connectivity index (χ2v) is 6.16. The van der Waals surface area contributed by atoms with E-state index >= 15 is 0 Å². The average molecular weight is 355 g/mol. The van der Waals surface area contributed by atoms with Gasteiger partial charge in [0.2, 0.25) is 0 Å². The van der Waals surface area contributed by atoms with Crippen LogP contribution in [0, 0.1) is 0 Å². The molecule has 4 heteroatoms. The highest BCUT2D eigenvalue weighted by Crippen LogP contribution is 2.28. The minimum Gasteiger partial charge on any atom is -0.389 e. The maximum absolute atomic E-state index is 9.64. The molecule has 0 aliphatic rings. The highest BCUT2D eigenvalue weighted by atomic mass is 79.9. The second kappa shape index (κ2) is 6.61. The Morgan fingerprint density at radius 2 is 1.85 bits per heavy atom. The van der Waals surface area contributed by atoms with E-state index in [0.29, 0.717) is 0 Å². The molecule has 1 atom stereocenters. The molecule has 0 aliphatic heterocycles. The Kier molecular flexibility index (Phi) is 5.08. The molecule has 2 rings (SSSR count). The van der Waals surface area contributed by atoms with Gasteiger partial charge in [0, 0.05) is 28.8 Å². The highest BCUT2D eigenvalue weighted by Gasteiger charge is 2.09. The van der Waals surface area contributed by atoms with Gasteiger partial charge in [0.15, 0.2) is 0 Å². The molecular weight excluding hydrogens is 338 g/mol. The van der Waals surface area contributed by atoms with Crippen LogP contribution >= 0.6 is 27.5 Å². The van der Waals surface area contributed by atoms with Crippen molar-refractivity contribution >= 4 is 33.2 Å². The third kappa shape index (κ3) is 3.75. The normalized spacial score (nSPS) is 12.2. The Hall–Kier alpha value is -1.03. The van der Waals surface area contributed by atoms with E-state index in [2.05, 4.69) is 20.8 Å². The lowest BCUT2D eigenvalue weighted by Crippen LogP contribution is -2.16. The van der Waals surface area contributed by atoms with Crippen molar-refractivity contribution in [3.05, 3.63) is 63.1 Å². The maximum atomic E-state index is 9.64. The van der Waals surface area contributed by atoms with E-state index in [1.807, 2.05) is 49.5 Å². The van der Waals surface area contributed by atoms with Crippen LogP contribution in [-0.2, 0) is 6.54 Å². The van der Waals surface area contributed by atoms with Crippen LogP contribution in [-0.4, -0.2) is 12.2 Å². The summed E-state index contributed by atoms with van der Waals surface area (Å²) in [6.07, 6.45) is -0.472. The molecule has 2 nitrogen and oxygen atoms in total. The highest BCUT2D eigenvalue weighted by molar-refractivity contribution is 9.10. The molecular formula is C16H17BrClNO. The van der Waals surface area contributed by atoms with E-state index in [1.165, 1.54) is 5.56 Å². The van der Waals surface area contributed by atoms with Gasteiger partial charge in [-0.3, -0.25) is 0 Å². The molecule has 2 aromatic carbocycles. The molecule has 0 heterocycles. The summed E-state index contributed by atoms with van der Waals surface area (Å²) < 4.78 is 0.924. The molecule has 20 heavy (non-hydrogen) atoms. The minimum atomic E-state index is -0.472.